The van der Waals surface area contributed by atoms with Gasteiger partial charge < -0.3 is 19.7 Å². The summed E-state index contributed by atoms with van der Waals surface area (Å²) in [5.41, 5.74) is 4.05. The Morgan fingerprint density at radius 1 is 1.08 bits per heavy atom. The van der Waals surface area contributed by atoms with Gasteiger partial charge in [0.25, 0.3) is 0 Å². The van der Waals surface area contributed by atoms with Crippen LogP contribution in [0.15, 0.2) is 64.3 Å². The first kappa shape index (κ1) is 25.7. The molecule has 2 heterocycles. The van der Waals surface area contributed by atoms with Crippen LogP contribution in [0.5, 0.6) is 0 Å². The van der Waals surface area contributed by atoms with Gasteiger partial charge in [-0.25, -0.2) is 4.79 Å². The molecular formula is C28H32N2O5S. The van der Waals surface area contributed by atoms with E-state index in [2.05, 4.69) is 24.1 Å². The molecule has 0 saturated carbocycles. The van der Waals surface area contributed by atoms with Crippen molar-refractivity contribution in [1.29, 1.82) is 0 Å². The number of benzene rings is 1. The molecule has 1 aromatic heterocycles. The van der Waals surface area contributed by atoms with E-state index in [4.69, 9.17) is 9.47 Å². The first-order chi connectivity index (χ1) is 17.4. The molecule has 0 radical (unpaired) electrons. The number of nitrogens with zero attached hydrogens (tertiary/aromatic N) is 1. The third-order valence-electron chi connectivity index (χ3n) is 7.14. The van der Waals surface area contributed by atoms with Crippen LogP contribution in [0.3, 0.4) is 0 Å². The molecule has 8 heteroatoms. The van der Waals surface area contributed by atoms with Gasteiger partial charge in [-0.3, -0.25) is 9.59 Å². The van der Waals surface area contributed by atoms with Gasteiger partial charge in [0.05, 0.1) is 19.8 Å². The van der Waals surface area contributed by atoms with E-state index in [9.17, 15) is 14.4 Å². The number of allylic oxidation sites excluding steroid dienone is 3. The molecule has 0 amide bonds. The number of nitrogens with one attached hydrogen (secondary N) is 1. The van der Waals surface area contributed by atoms with Crippen LogP contribution in [0.25, 0.3) is 0 Å². The molecule has 190 valence electrons. The zero-order valence-electron chi connectivity index (χ0n) is 21.3. The number of hydrogen-bond donors (Lipinski definition) is 1. The number of esters is 2. The fourth-order valence-corrected chi connectivity index (χ4v) is 6.25. The zero-order chi connectivity index (χ0) is 26.0. The molecule has 0 saturated heterocycles. The highest BCUT2D eigenvalue weighted by atomic mass is 32.1. The Morgan fingerprint density at radius 3 is 2.33 bits per heavy atom. The molecule has 2 aliphatic rings. The van der Waals surface area contributed by atoms with Crippen LogP contribution in [-0.4, -0.2) is 45.0 Å². The van der Waals surface area contributed by atoms with Gasteiger partial charge in [0, 0.05) is 52.5 Å². The molecule has 1 N–H and O–H groups in total. The monoisotopic (exact) mass is 508 g/mol. The lowest BCUT2D eigenvalue weighted by molar-refractivity contribution is -0.149. The first-order valence-corrected chi connectivity index (χ1v) is 13.0. The Bertz CT molecular complexity index is 1210. The summed E-state index contributed by atoms with van der Waals surface area (Å²) in [5.74, 6) is -3.36. The van der Waals surface area contributed by atoms with Gasteiger partial charge in [0.2, 0.25) is 0 Å². The number of ketones is 1. The minimum absolute atomic E-state index is 0.319. The Hall–Kier alpha value is -3.39. The van der Waals surface area contributed by atoms with E-state index < -0.39 is 23.8 Å². The molecule has 1 aromatic carbocycles. The zero-order valence-corrected chi connectivity index (χ0v) is 22.1. The van der Waals surface area contributed by atoms with Crippen molar-refractivity contribution in [2.45, 2.75) is 39.0 Å². The molecule has 4 rings (SSSR count). The van der Waals surface area contributed by atoms with Crippen LogP contribution < -0.4 is 10.2 Å². The van der Waals surface area contributed by atoms with Gasteiger partial charge in [-0.2, -0.15) is 0 Å². The molecule has 0 spiro atoms. The highest BCUT2D eigenvalue weighted by molar-refractivity contribution is 7.10. The number of rotatable bonds is 7. The Labute approximate surface area is 215 Å². The summed E-state index contributed by atoms with van der Waals surface area (Å²) in [6, 6.07) is 11.8. The van der Waals surface area contributed by atoms with E-state index in [1.54, 1.807) is 0 Å². The number of hydrogen-bond acceptors (Lipinski definition) is 8. The van der Waals surface area contributed by atoms with E-state index >= 15 is 0 Å². The molecule has 1 aliphatic heterocycles. The maximum Gasteiger partial charge on any atom is 0.336 e. The molecule has 36 heavy (non-hydrogen) atoms. The number of thiophene rings is 1. The van der Waals surface area contributed by atoms with Gasteiger partial charge in [-0.15, -0.1) is 11.3 Å². The number of Topliss-reactive ketones (excluding diaryl/α,β-unsaturated/α-hetero) is 1. The Morgan fingerprint density at radius 2 is 1.78 bits per heavy atom. The van der Waals surface area contributed by atoms with Crippen molar-refractivity contribution in [3.8, 4) is 0 Å². The second-order valence-corrected chi connectivity index (χ2v) is 9.91. The fourth-order valence-electron chi connectivity index (χ4n) is 5.38. The molecule has 3 atom stereocenters. The van der Waals surface area contributed by atoms with E-state index in [0.717, 1.165) is 34.9 Å². The maximum atomic E-state index is 14.1. The lowest BCUT2D eigenvalue weighted by atomic mass is 9.68. The van der Waals surface area contributed by atoms with Crippen molar-refractivity contribution in [3.05, 3.63) is 74.8 Å². The van der Waals surface area contributed by atoms with Crippen LogP contribution >= 0.6 is 11.3 Å². The van der Waals surface area contributed by atoms with Crippen LogP contribution in [-0.2, 0) is 23.9 Å². The van der Waals surface area contributed by atoms with Crippen molar-refractivity contribution in [3.63, 3.8) is 0 Å². The molecule has 7 nitrogen and oxygen atoms in total. The van der Waals surface area contributed by atoms with Crippen molar-refractivity contribution in [1.82, 2.24) is 5.32 Å². The van der Waals surface area contributed by atoms with Crippen LogP contribution in [0, 0.1) is 5.92 Å². The minimum Gasteiger partial charge on any atom is -0.468 e. The smallest absolute Gasteiger partial charge is 0.336 e. The number of ether oxygens (including phenoxy) is 2. The van der Waals surface area contributed by atoms with E-state index in [1.807, 2.05) is 48.7 Å². The van der Waals surface area contributed by atoms with Crippen LogP contribution in [0.1, 0.15) is 49.5 Å². The fraction of sp³-hybridized carbons (Fsp3) is 0.393. The predicted octanol–water partition coefficient (Wildman–Crippen LogP) is 4.53. The highest BCUT2D eigenvalue weighted by Gasteiger charge is 2.49. The van der Waals surface area contributed by atoms with Crippen LogP contribution in [0.2, 0.25) is 0 Å². The Kier molecular flexibility index (Phi) is 7.64. The Balaban J connectivity index is 1.86. The highest BCUT2D eigenvalue weighted by Crippen LogP contribution is 2.48. The minimum atomic E-state index is -0.982. The molecule has 0 bridgehead atoms. The van der Waals surface area contributed by atoms with Gasteiger partial charge in [-0.05, 0) is 56.3 Å². The summed E-state index contributed by atoms with van der Waals surface area (Å²) >= 11 is 1.52. The van der Waals surface area contributed by atoms with Gasteiger partial charge in [-0.1, -0.05) is 18.2 Å². The number of carbonyl (C=O) groups is 3. The third kappa shape index (κ3) is 4.46. The number of carbonyl (C=O) groups excluding carboxylic acids is 3. The summed E-state index contributed by atoms with van der Waals surface area (Å²) < 4.78 is 10.2. The van der Waals surface area contributed by atoms with Crippen LogP contribution in [0.4, 0.5) is 5.69 Å². The summed E-state index contributed by atoms with van der Waals surface area (Å²) in [7, 11) is 2.64. The average Bonchev–Trinajstić information content (AvgIpc) is 3.43. The quantitative estimate of drug-likeness (QED) is 0.435. The molecule has 0 fully saturated rings. The van der Waals surface area contributed by atoms with E-state index in [1.165, 1.54) is 25.6 Å². The second kappa shape index (κ2) is 10.7. The summed E-state index contributed by atoms with van der Waals surface area (Å²) in [6.45, 7) is 7.76. The average molecular weight is 509 g/mol. The second-order valence-electron chi connectivity index (χ2n) is 8.94. The van der Waals surface area contributed by atoms with Gasteiger partial charge in [0.15, 0.2) is 5.78 Å². The van der Waals surface area contributed by atoms with Crippen molar-refractivity contribution >= 4 is 34.7 Å². The molecular weight excluding hydrogens is 476 g/mol. The normalized spacial score (nSPS) is 21.6. The summed E-state index contributed by atoms with van der Waals surface area (Å²) in [6.07, 6.45) is 0.460. The molecule has 1 aliphatic carbocycles. The van der Waals surface area contributed by atoms with Crippen molar-refractivity contribution in [2.24, 2.45) is 5.92 Å². The van der Waals surface area contributed by atoms with Crippen molar-refractivity contribution in [2.75, 3.05) is 32.2 Å². The summed E-state index contributed by atoms with van der Waals surface area (Å²) in [4.78, 5) is 43.2. The number of methoxy groups -OCH3 is 2. The summed E-state index contributed by atoms with van der Waals surface area (Å²) in [5, 5.41) is 5.25. The van der Waals surface area contributed by atoms with Crippen molar-refractivity contribution < 1.29 is 23.9 Å². The topological polar surface area (TPSA) is 84.9 Å². The lowest BCUT2D eigenvalue weighted by Crippen LogP contribution is -2.43. The molecule has 0 unspecified atom stereocenters. The first-order valence-electron chi connectivity index (χ1n) is 12.2. The molecule has 2 aromatic rings. The SMILES string of the molecule is CCN(CC)c1ccc([C@H]2C(C(=O)OC)=C(C)NC3=C2C(=O)[C@@H](C(=O)OC)[C@@H](c2cccs2)C3)cc1. The van der Waals surface area contributed by atoms with Gasteiger partial charge >= 0.3 is 11.9 Å². The standard InChI is InChI=1S/C28H32N2O5S/c1-6-30(7-2)18-12-10-17(11-13-18)23-22(27(32)34-4)16(3)29-20-15-19(21-9-8-14-36-21)24(28(33)35-5)26(31)25(20)23/h8-14,19,23-24,29H,6-7,15H2,1-5H3/t19-,23+,24+/m1/s1. The van der Waals surface area contributed by atoms with E-state index in [0.29, 0.717) is 23.3 Å². The number of anilines is 1. The number of dihydropyridines is 1. The largest absolute Gasteiger partial charge is 0.468 e. The maximum absolute atomic E-state index is 14.1. The lowest BCUT2D eigenvalue weighted by Gasteiger charge is -2.39. The predicted molar refractivity (Wildman–Crippen MR) is 140 cm³/mol. The third-order valence-corrected chi connectivity index (χ3v) is 8.15. The van der Waals surface area contributed by atoms with E-state index in [-0.39, 0.29) is 11.7 Å². The van der Waals surface area contributed by atoms with Gasteiger partial charge in [0.1, 0.15) is 5.92 Å².